The zero-order chi connectivity index (χ0) is 4.50. The molecule has 0 aromatic carbocycles. The molecule has 3 nitrogen and oxygen atoms in total. The molecule has 0 spiro atoms. The van der Waals surface area contributed by atoms with Gasteiger partial charge in [-0.15, -0.1) is 0 Å². The van der Waals surface area contributed by atoms with Crippen molar-refractivity contribution in [2.45, 2.75) is 0 Å². The Morgan fingerprint density at radius 3 is 1.50 bits per heavy atom. The van der Waals surface area contributed by atoms with Crippen LogP contribution in [0, 0.1) is 0 Å². The second-order valence-corrected chi connectivity index (χ2v) is 6.00. The fraction of sp³-hybridized carbons (Fsp3) is 0. The van der Waals surface area contributed by atoms with E-state index in [1.807, 2.05) is 0 Å². The van der Waals surface area contributed by atoms with Crippen molar-refractivity contribution >= 4 is 17.1 Å². The molecule has 2 N–H and O–H groups in total. The first-order chi connectivity index (χ1) is 2.00. The summed E-state index contributed by atoms with van der Waals surface area (Å²) in [5.74, 6) is 0. The maximum atomic E-state index is 9.39. The summed E-state index contributed by atoms with van der Waals surface area (Å²) >= 11 is 0. The molecular formula is H5O3PSiZn. The van der Waals surface area contributed by atoms with E-state index < -0.39 is 7.14 Å². The van der Waals surface area contributed by atoms with E-state index in [2.05, 4.69) is 0 Å². The Morgan fingerprint density at radius 1 is 1.50 bits per heavy atom. The molecule has 0 aromatic rings. The van der Waals surface area contributed by atoms with Gasteiger partial charge < -0.3 is 9.79 Å². The molecule has 0 heterocycles. The summed E-state index contributed by atoms with van der Waals surface area (Å²) in [5, 5.41) is 0. The van der Waals surface area contributed by atoms with E-state index in [-0.39, 0.29) is 29.4 Å². The summed E-state index contributed by atoms with van der Waals surface area (Å²) < 4.78 is 9.39. The van der Waals surface area contributed by atoms with Gasteiger partial charge in [0.2, 0.25) is 0 Å². The van der Waals surface area contributed by atoms with Gasteiger partial charge in [0.25, 0.3) is 7.14 Å². The van der Waals surface area contributed by atoms with E-state index in [0.29, 0.717) is 0 Å². The monoisotopic (exact) mass is 176 g/mol. The van der Waals surface area contributed by atoms with Gasteiger partial charge in [-0.2, -0.15) is 0 Å². The van der Waals surface area contributed by atoms with Crippen LogP contribution in [0.15, 0.2) is 0 Å². The summed E-state index contributed by atoms with van der Waals surface area (Å²) in [6.45, 7) is 0. The van der Waals surface area contributed by atoms with Gasteiger partial charge >= 0.3 is 0 Å². The van der Waals surface area contributed by atoms with Crippen molar-refractivity contribution in [1.82, 2.24) is 0 Å². The quantitative estimate of drug-likeness (QED) is 0.348. The van der Waals surface area contributed by atoms with Crippen molar-refractivity contribution in [2.75, 3.05) is 0 Å². The van der Waals surface area contributed by atoms with Gasteiger partial charge in [-0.3, -0.25) is 4.57 Å². The average molecular weight is 177 g/mol. The standard InChI is InChI=1S/H5O3PSi.Zn/c1-4(2,3)5;/h5H3,(H2,1,2,3);. The number of hydrogen-bond acceptors (Lipinski definition) is 1. The Hall–Kier alpha value is 0.990. The molecule has 6 heavy (non-hydrogen) atoms. The molecule has 6 heteroatoms. The zero-order valence-electron chi connectivity index (χ0n) is 3.46. The van der Waals surface area contributed by atoms with Crippen LogP contribution in [-0.2, 0) is 24.0 Å². The van der Waals surface area contributed by atoms with Gasteiger partial charge in [0.05, 0.1) is 0 Å². The first kappa shape index (κ1) is 10.1. The smallest absolute Gasteiger partial charge is 0.281 e. The third-order valence-electron chi connectivity index (χ3n) is 0. The van der Waals surface area contributed by atoms with Crippen molar-refractivity contribution in [1.29, 1.82) is 0 Å². The largest absolute Gasteiger partial charge is 0.329 e. The number of rotatable bonds is 0. The minimum atomic E-state index is -3.50. The van der Waals surface area contributed by atoms with Crippen LogP contribution in [0.4, 0.5) is 0 Å². The second-order valence-electron chi connectivity index (χ2n) is 0.835. The third-order valence-corrected chi connectivity index (χ3v) is 0. The first-order valence-electron chi connectivity index (χ1n) is 1.03. The number of hydrogen-bond donors (Lipinski definition) is 2. The Balaban J connectivity index is 0. The summed E-state index contributed by atoms with van der Waals surface area (Å²) in [6.07, 6.45) is 0. The van der Waals surface area contributed by atoms with Crippen LogP contribution in [0.5, 0.6) is 0 Å². The molecular weight excluding hydrogens is 172 g/mol. The van der Waals surface area contributed by atoms with Crippen LogP contribution in [0.1, 0.15) is 0 Å². The molecule has 0 atom stereocenters. The van der Waals surface area contributed by atoms with E-state index in [1.54, 1.807) is 0 Å². The summed E-state index contributed by atoms with van der Waals surface area (Å²) in [4.78, 5) is 15.4. The summed E-state index contributed by atoms with van der Waals surface area (Å²) in [5.41, 5.74) is 0. The first-order valence-corrected chi connectivity index (χ1v) is 5.77. The predicted molar refractivity (Wildman–Crippen MR) is 22.0 cm³/mol. The third kappa shape index (κ3) is 81.0. The molecule has 0 unspecified atom stereocenters. The van der Waals surface area contributed by atoms with E-state index in [0.717, 1.165) is 0 Å². The maximum Gasteiger partial charge on any atom is 0.281 e. The van der Waals surface area contributed by atoms with Gasteiger partial charge in [-0.1, -0.05) is 0 Å². The molecule has 0 aliphatic heterocycles. The minimum Gasteiger partial charge on any atom is -0.329 e. The van der Waals surface area contributed by atoms with E-state index in [1.165, 1.54) is 0 Å². The summed E-state index contributed by atoms with van der Waals surface area (Å²) in [7, 11) is -3.53. The molecule has 34 valence electrons. The van der Waals surface area contributed by atoms with Crippen LogP contribution in [0.25, 0.3) is 0 Å². The molecule has 0 aliphatic carbocycles. The van der Waals surface area contributed by atoms with E-state index >= 15 is 0 Å². The topological polar surface area (TPSA) is 57.5 Å². The molecule has 0 saturated heterocycles. The van der Waals surface area contributed by atoms with Crippen molar-refractivity contribution in [2.24, 2.45) is 0 Å². The average Bonchev–Trinajstić information content (AvgIpc) is 0.722. The van der Waals surface area contributed by atoms with E-state index in [9.17, 15) is 4.57 Å². The van der Waals surface area contributed by atoms with Crippen molar-refractivity contribution in [3.63, 3.8) is 0 Å². The molecule has 0 rings (SSSR count). The van der Waals surface area contributed by atoms with Crippen molar-refractivity contribution < 1.29 is 33.8 Å². The van der Waals surface area contributed by atoms with Crippen LogP contribution >= 0.6 is 7.14 Å². The van der Waals surface area contributed by atoms with Crippen LogP contribution < -0.4 is 0 Å². The van der Waals surface area contributed by atoms with Crippen molar-refractivity contribution in [3.8, 4) is 0 Å². The van der Waals surface area contributed by atoms with E-state index in [4.69, 9.17) is 9.79 Å². The van der Waals surface area contributed by atoms with Crippen LogP contribution in [-0.4, -0.2) is 19.7 Å². The van der Waals surface area contributed by atoms with Gasteiger partial charge in [-0.25, -0.2) is 0 Å². The van der Waals surface area contributed by atoms with Crippen LogP contribution in [0.2, 0.25) is 0 Å². The van der Waals surface area contributed by atoms with Crippen LogP contribution in [0.3, 0.4) is 0 Å². The molecule has 0 fully saturated rings. The Bertz CT molecular complexity index is 56.9. The maximum absolute atomic E-state index is 9.39. The van der Waals surface area contributed by atoms with Gasteiger partial charge in [0, 0.05) is 19.5 Å². The molecule has 0 bridgehead atoms. The second kappa shape index (κ2) is 3.05. The Morgan fingerprint density at radius 2 is 1.50 bits per heavy atom. The van der Waals surface area contributed by atoms with Gasteiger partial charge in [0.15, 0.2) is 0 Å². The predicted octanol–water partition coefficient (Wildman–Crippen LogP) is -1.56. The zero-order valence-corrected chi connectivity index (χ0v) is 9.32. The molecule has 0 saturated carbocycles. The molecule has 0 radical (unpaired) electrons. The Kier molecular flexibility index (Phi) is 5.12. The Labute approximate surface area is 51.3 Å². The van der Waals surface area contributed by atoms with Gasteiger partial charge in [0.1, 0.15) is 9.91 Å². The normalized spacial score (nSPS) is 10.3. The fourth-order valence-corrected chi connectivity index (χ4v) is 0. The minimum absolute atomic E-state index is 0. The fourth-order valence-electron chi connectivity index (χ4n) is 0. The SMILES string of the molecule is O=P(O)(O)[SiH3].[Zn]. The van der Waals surface area contributed by atoms with Crippen molar-refractivity contribution in [3.05, 3.63) is 0 Å². The molecule has 0 aromatic heterocycles. The molecule has 0 aliphatic rings. The molecule has 0 amide bonds. The van der Waals surface area contributed by atoms with Gasteiger partial charge in [-0.05, 0) is 0 Å². The summed E-state index contributed by atoms with van der Waals surface area (Å²) in [6, 6.07) is 0.